The van der Waals surface area contributed by atoms with E-state index in [1.54, 1.807) is 18.6 Å². The largest absolute Gasteiger partial charge is 0.334 e. The Hall–Kier alpha value is -3.15. The fourth-order valence-corrected chi connectivity index (χ4v) is 3.22. The van der Waals surface area contributed by atoms with E-state index in [1.807, 2.05) is 46.1 Å². The van der Waals surface area contributed by atoms with Gasteiger partial charge in [0.05, 0.1) is 6.04 Å². The van der Waals surface area contributed by atoms with Gasteiger partial charge in [0, 0.05) is 44.4 Å². The molecule has 2 amide bonds. The second-order valence-corrected chi connectivity index (χ2v) is 6.10. The molecule has 3 aromatic rings. The third-order valence-electron chi connectivity index (χ3n) is 4.47. The summed E-state index contributed by atoms with van der Waals surface area (Å²) in [5.74, 6) is 0. The van der Waals surface area contributed by atoms with Crippen molar-refractivity contribution in [2.45, 2.75) is 19.1 Å². The van der Waals surface area contributed by atoms with E-state index in [0.29, 0.717) is 19.6 Å². The Morgan fingerprint density at radius 1 is 1.16 bits per heavy atom. The monoisotopic (exact) mass is 333 g/mol. The van der Waals surface area contributed by atoms with Crippen molar-refractivity contribution in [2.24, 2.45) is 0 Å². The number of benzene rings is 1. The SMILES string of the molecule is O=C(NCc1cccnc1)N1Cc2ccccc2C(n2cccn2)C1. The molecule has 0 saturated carbocycles. The van der Waals surface area contributed by atoms with E-state index in [2.05, 4.69) is 27.5 Å². The van der Waals surface area contributed by atoms with Gasteiger partial charge in [-0.1, -0.05) is 30.3 Å². The molecule has 1 unspecified atom stereocenters. The van der Waals surface area contributed by atoms with E-state index in [-0.39, 0.29) is 12.1 Å². The molecule has 0 aliphatic carbocycles. The standard InChI is InChI=1S/C19H19N5O/c25-19(21-12-15-5-3-8-20-11-15)23-13-16-6-1-2-7-17(16)18(14-23)24-10-4-9-22-24/h1-11,18H,12-14H2,(H,21,25). The number of hydrogen-bond donors (Lipinski definition) is 1. The van der Waals surface area contributed by atoms with Gasteiger partial charge in [-0.3, -0.25) is 9.67 Å². The number of amides is 2. The van der Waals surface area contributed by atoms with Crippen LogP contribution in [0.3, 0.4) is 0 Å². The van der Waals surface area contributed by atoms with Crippen molar-refractivity contribution in [3.8, 4) is 0 Å². The van der Waals surface area contributed by atoms with E-state index in [0.717, 1.165) is 11.1 Å². The van der Waals surface area contributed by atoms with Crippen LogP contribution in [0.4, 0.5) is 4.79 Å². The number of nitrogens with zero attached hydrogens (tertiary/aromatic N) is 4. The minimum Gasteiger partial charge on any atom is -0.334 e. The second kappa shape index (κ2) is 6.76. The van der Waals surface area contributed by atoms with Crippen molar-refractivity contribution >= 4 is 6.03 Å². The van der Waals surface area contributed by atoms with Gasteiger partial charge in [0.1, 0.15) is 0 Å². The second-order valence-electron chi connectivity index (χ2n) is 6.10. The summed E-state index contributed by atoms with van der Waals surface area (Å²) in [5, 5.41) is 7.36. The van der Waals surface area contributed by atoms with Gasteiger partial charge in [-0.15, -0.1) is 0 Å². The molecule has 0 radical (unpaired) electrons. The summed E-state index contributed by atoms with van der Waals surface area (Å²) < 4.78 is 1.92. The molecule has 0 fully saturated rings. The van der Waals surface area contributed by atoms with Gasteiger partial charge in [-0.25, -0.2) is 4.79 Å². The molecule has 1 aliphatic heterocycles. The van der Waals surface area contributed by atoms with E-state index in [4.69, 9.17) is 0 Å². The summed E-state index contributed by atoms with van der Waals surface area (Å²) in [6.45, 7) is 1.67. The molecule has 3 heterocycles. The Morgan fingerprint density at radius 3 is 2.88 bits per heavy atom. The van der Waals surface area contributed by atoms with Crippen LogP contribution >= 0.6 is 0 Å². The molecule has 0 spiro atoms. The number of fused-ring (bicyclic) bond motifs is 1. The topological polar surface area (TPSA) is 63.1 Å². The highest BCUT2D eigenvalue weighted by Crippen LogP contribution is 2.29. The Kier molecular flexibility index (Phi) is 4.16. The molecule has 126 valence electrons. The third-order valence-corrected chi connectivity index (χ3v) is 4.47. The van der Waals surface area contributed by atoms with Gasteiger partial charge < -0.3 is 10.2 Å². The summed E-state index contributed by atoms with van der Waals surface area (Å²) in [4.78, 5) is 18.6. The van der Waals surface area contributed by atoms with Crippen LogP contribution in [0.15, 0.2) is 67.3 Å². The lowest BCUT2D eigenvalue weighted by molar-refractivity contribution is 0.180. The molecule has 2 aromatic heterocycles. The Bertz CT molecular complexity index is 847. The van der Waals surface area contributed by atoms with Crippen molar-refractivity contribution < 1.29 is 4.79 Å². The summed E-state index contributed by atoms with van der Waals surface area (Å²) in [6, 6.07) is 13.9. The smallest absolute Gasteiger partial charge is 0.318 e. The highest BCUT2D eigenvalue weighted by atomic mass is 16.2. The zero-order valence-corrected chi connectivity index (χ0v) is 13.7. The molecular weight excluding hydrogens is 314 g/mol. The predicted octanol–water partition coefficient (Wildman–Crippen LogP) is 2.59. The number of rotatable bonds is 3. The van der Waals surface area contributed by atoms with Gasteiger partial charge in [0.15, 0.2) is 0 Å². The van der Waals surface area contributed by atoms with E-state index in [1.165, 1.54) is 5.56 Å². The normalized spacial score (nSPS) is 16.3. The molecule has 1 atom stereocenters. The van der Waals surface area contributed by atoms with E-state index >= 15 is 0 Å². The average molecular weight is 333 g/mol. The first-order valence-electron chi connectivity index (χ1n) is 8.30. The summed E-state index contributed by atoms with van der Waals surface area (Å²) >= 11 is 0. The minimum atomic E-state index is -0.0736. The molecule has 0 bridgehead atoms. The van der Waals surface area contributed by atoms with E-state index in [9.17, 15) is 4.79 Å². The Morgan fingerprint density at radius 2 is 2.08 bits per heavy atom. The van der Waals surface area contributed by atoms with Gasteiger partial charge >= 0.3 is 6.03 Å². The molecule has 4 rings (SSSR count). The van der Waals surface area contributed by atoms with Crippen LogP contribution < -0.4 is 5.32 Å². The molecule has 0 saturated heterocycles. The first-order valence-corrected chi connectivity index (χ1v) is 8.30. The van der Waals surface area contributed by atoms with E-state index < -0.39 is 0 Å². The average Bonchev–Trinajstić information content (AvgIpc) is 3.20. The Labute approximate surface area is 146 Å². The number of carbonyl (C=O) groups is 1. The van der Waals surface area contributed by atoms with Crippen LogP contribution in [-0.4, -0.2) is 32.2 Å². The number of urea groups is 1. The number of nitrogens with one attached hydrogen (secondary N) is 1. The maximum atomic E-state index is 12.7. The molecule has 25 heavy (non-hydrogen) atoms. The maximum absolute atomic E-state index is 12.7. The fourth-order valence-electron chi connectivity index (χ4n) is 3.22. The first kappa shape index (κ1) is 15.4. The molecule has 1 aliphatic rings. The van der Waals surface area contributed by atoms with Gasteiger partial charge in [0.25, 0.3) is 0 Å². The molecule has 1 N–H and O–H groups in total. The van der Waals surface area contributed by atoms with Gasteiger partial charge in [-0.05, 0) is 28.8 Å². The minimum absolute atomic E-state index is 0.0316. The van der Waals surface area contributed by atoms with Crippen LogP contribution in [-0.2, 0) is 13.1 Å². The quantitative estimate of drug-likeness (QED) is 0.801. The van der Waals surface area contributed by atoms with Crippen molar-refractivity contribution in [1.29, 1.82) is 0 Å². The highest BCUT2D eigenvalue weighted by Gasteiger charge is 2.29. The van der Waals surface area contributed by atoms with Crippen molar-refractivity contribution in [3.05, 3.63) is 83.9 Å². The summed E-state index contributed by atoms with van der Waals surface area (Å²) in [6.07, 6.45) is 7.20. The fraction of sp³-hybridized carbons (Fsp3) is 0.211. The first-order chi connectivity index (χ1) is 12.3. The number of pyridine rings is 1. The lowest BCUT2D eigenvalue weighted by atomic mass is 9.95. The zero-order valence-electron chi connectivity index (χ0n) is 13.7. The number of hydrogen-bond acceptors (Lipinski definition) is 3. The van der Waals surface area contributed by atoms with Crippen molar-refractivity contribution in [1.82, 2.24) is 25.0 Å². The van der Waals surface area contributed by atoms with Crippen molar-refractivity contribution in [3.63, 3.8) is 0 Å². The predicted molar refractivity (Wildman–Crippen MR) is 93.7 cm³/mol. The molecule has 6 nitrogen and oxygen atoms in total. The van der Waals surface area contributed by atoms with Crippen LogP contribution in [0.1, 0.15) is 22.7 Å². The molecule has 6 heteroatoms. The van der Waals surface area contributed by atoms with Crippen LogP contribution in [0, 0.1) is 0 Å². The van der Waals surface area contributed by atoms with Gasteiger partial charge in [0.2, 0.25) is 0 Å². The lowest BCUT2D eigenvalue weighted by Gasteiger charge is -2.34. The maximum Gasteiger partial charge on any atom is 0.318 e. The molecular formula is C19H19N5O. The van der Waals surface area contributed by atoms with Crippen LogP contribution in [0.2, 0.25) is 0 Å². The zero-order chi connectivity index (χ0) is 17.1. The van der Waals surface area contributed by atoms with Crippen LogP contribution in [0.25, 0.3) is 0 Å². The Balaban J connectivity index is 1.52. The highest BCUT2D eigenvalue weighted by molar-refractivity contribution is 5.74. The lowest BCUT2D eigenvalue weighted by Crippen LogP contribution is -2.45. The molecule has 1 aromatic carbocycles. The number of aromatic nitrogens is 3. The van der Waals surface area contributed by atoms with Crippen LogP contribution in [0.5, 0.6) is 0 Å². The van der Waals surface area contributed by atoms with Crippen molar-refractivity contribution in [2.75, 3.05) is 6.54 Å². The summed E-state index contributed by atoms with van der Waals surface area (Å²) in [5.41, 5.74) is 3.37. The van der Waals surface area contributed by atoms with Gasteiger partial charge in [-0.2, -0.15) is 5.10 Å². The number of carbonyl (C=O) groups excluding carboxylic acids is 1. The third kappa shape index (κ3) is 3.24. The summed E-state index contributed by atoms with van der Waals surface area (Å²) in [7, 11) is 0.